The highest BCUT2D eigenvalue weighted by Crippen LogP contribution is 2.34. The molecule has 0 unspecified atom stereocenters. The van der Waals surface area contributed by atoms with Gasteiger partial charge in [0.05, 0.1) is 6.61 Å². The van der Waals surface area contributed by atoms with E-state index in [0.717, 1.165) is 38.5 Å². The molecule has 2 heterocycles. The summed E-state index contributed by atoms with van der Waals surface area (Å²) in [5, 5.41) is 10.0. The van der Waals surface area contributed by atoms with Crippen LogP contribution in [0.2, 0.25) is 0 Å². The molecule has 0 spiro atoms. The lowest BCUT2D eigenvalue weighted by Gasteiger charge is -2.30. The summed E-state index contributed by atoms with van der Waals surface area (Å²) in [6.07, 6.45) is 7.82. The van der Waals surface area contributed by atoms with Gasteiger partial charge in [0.2, 0.25) is 23.6 Å². The van der Waals surface area contributed by atoms with E-state index in [1.807, 2.05) is 0 Å². The summed E-state index contributed by atoms with van der Waals surface area (Å²) in [5.74, 6) is 0.861. The van der Waals surface area contributed by atoms with Crippen LogP contribution in [0.5, 0.6) is 5.88 Å². The molecule has 0 bridgehead atoms. The van der Waals surface area contributed by atoms with Crippen LogP contribution in [0, 0.1) is 0 Å². The van der Waals surface area contributed by atoms with Gasteiger partial charge in [0, 0.05) is 33.1 Å². The number of carbonyl (C=O) groups is 2. The molecule has 1 fully saturated rings. The number of aromatic nitrogens is 3. The van der Waals surface area contributed by atoms with Crippen molar-refractivity contribution in [2.24, 2.45) is 0 Å². The minimum atomic E-state index is -0.601. The molecule has 10 nitrogen and oxygen atoms in total. The third-order valence-corrected chi connectivity index (χ3v) is 5.41. The Bertz CT molecular complexity index is 892. The second kappa shape index (κ2) is 11.6. The molecular weight excluding hydrogens is 414 g/mol. The summed E-state index contributed by atoms with van der Waals surface area (Å²) in [7, 11) is 1.58. The van der Waals surface area contributed by atoms with Crippen LogP contribution in [-0.2, 0) is 26.3 Å². The van der Waals surface area contributed by atoms with Gasteiger partial charge in [-0.05, 0) is 25.0 Å². The number of aryl methyl sites for hydroxylation is 1. The van der Waals surface area contributed by atoms with Gasteiger partial charge in [-0.2, -0.15) is 4.98 Å². The summed E-state index contributed by atoms with van der Waals surface area (Å²) in [4.78, 5) is 33.0. The van der Waals surface area contributed by atoms with Crippen molar-refractivity contribution < 1.29 is 23.6 Å². The number of hydrogen-bond acceptors (Lipinski definition) is 8. The number of anilines is 1. The summed E-state index contributed by atoms with van der Waals surface area (Å²) in [6.45, 7) is 2.25. The normalized spacial score (nSPS) is 15.6. The maximum absolute atomic E-state index is 12.5. The molecule has 0 atom stereocenters. The van der Waals surface area contributed by atoms with Crippen LogP contribution in [0.25, 0.3) is 0 Å². The molecule has 2 amide bonds. The van der Waals surface area contributed by atoms with Gasteiger partial charge in [0.15, 0.2) is 5.82 Å². The largest absolute Gasteiger partial charge is 0.474 e. The van der Waals surface area contributed by atoms with Crippen molar-refractivity contribution in [1.82, 2.24) is 20.4 Å². The molecule has 10 heteroatoms. The molecule has 2 aromatic heterocycles. The van der Waals surface area contributed by atoms with Crippen LogP contribution in [0.3, 0.4) is 0 Å². The van der Waals surface area contributed by atoms with Gasteiger partial charge in [-0.1, -0.05) is 30.8 Å². The Morgan fingerprint density at radius 1 is 1.19 bits per heavy atom. The quantitative estimate of drug-likeness (QED) is 0.422. The van der Waals surface area contributed by atoms with Crippen molar-refractivity contribution in [3.63, 3.8) is 0 Å². The number of hydrogen-bond donors (Lipinski definition) is 2. The number of nitrogens with one attached hydrogen (secondary N) is 2. The van der Waals surface area contributed by atoms with Crippen molar-refractivity contribution in [2.45, 2.75) is 63.8 Å². The first-order chi connectivity index (χ1) is 15.5. The number of amides is 2. The fourth-order valence-corrected chi connectivity index (χ4v) is 3.88. The van der Waals surface area contributed by atoms with Crippen molar-refractivity contribution in [3.05, 3.63) is 30.0 Å². The average Bonchev–Trinajstić information content (AvgIpc) is 3.13. The molecule has 0 saturated heterocycles. The molecule has 32 heavy (non-hydrogen) atoms. The lowest BCUT2D eigenvalue weighted by atomic mass is 9.89. The minimum Gasteiger partial charge on any atom is -0.474 e. The van der Waals surface area contributed by atoms with E-state index in [2.05, 4.69) is 25.8 Å². The second-order valence-corrected chi connectivity index (χ2v) is 7.93. The Hall–Kier alpha value is -3.01. The Morgan fingerprint density at radius 3 is 2.69 bits per heavy atom. The predicted molar refractivity (Wildman–Crippen MR) is 116 cm³/mol. The van der Waals surface area contributed by atoms with Crippen molar-refractivity contribution >= 4 is 17.5 Å². The van der Waals surface area contributed by atoms with Gasteiger partial charge in [-0.25, -0.2) is 4.98 Å². The molecule has 3 rings (SSSR count). The zero-order valence-corrected chi connectivity index (χ0v) is 18.7. The smallest absolute Gasteiger partial charge is 0.237 e. The van der Waals surface area contributed by atoms with E-state index in [9.17, 15) is 9.59 Å². The molecule has 1 aliphatic rings. The van der Waals surface area contributed by atoms with Crippen molar-refractivity contribution in [3.8, 4) is 5.88 Å². The van der Waals surface area contributed by atoms with Crippen LogP contribution >= 0.6 is 0 Å². The van der Waals surface area contributed by atoms with Crippen LogP contribution in [0.4, 0.5) is 5.69 Å². The number of ether oxygens (including phenoxy) is 2. The number of rotatable bonds is 10. The van der Waals surface area contributed by atoms with Crippen LogP contribution < -0.4 is 15.4 Å². The van der Waals surface area contributed by atoms with Gasteiger partial charge in [0.1, 0.15) is 17.8 Å². The van der Waals surface area contributed by atoms with Crippen molar-refractivity contribution in [2.75, 3.05) is 25.6 Å². The maximum Gasteiger partial charge on any atom is 0.237 e. The van der Waals surface area contributed by atoms with Crippen LogP contribution in [0.1, 0.15) is 63.6 Å². The topological polar surface area (TPSA) is 128 Å². The van der Waals surface area contributed by atoms with Crippen molar-refractivity contribution in [1.29, 1.82) is 0 Å². The highest BCUT2D eigenvalue weighted by Gasteiger charge is 2.38. The Kier molecular flexibility index (Phi) is 8.55. The monoisotopic (exact) mass is 445 g/mol. The lowest BCUT2D eigenvalue weighted by molar-refractivity contribution is -0.121. The summed E-state index contributed by atoms with van der Waals surface area (Å²) >= 11 is 0. The number of nitrogens with zero attached hydrogens (tertiary/aromatic N) is 3. The Balaban J connectivity index is 1.60. The zero-order chi connectivity index (χ0) is 22.8. The van der Waals surface area contributed by atoms with Gasteiger partial charge >= 0.3 is 0 Å². The van der Waals surface area contributed by atoms with E-state index in [0.29, 0.717) is 36.5 Å². The summed E-state index contributed by atoms with van der Waals surface area (Å²) in [5.41, 5.74) is -0.112. The minimum absolute atomic E-state index is 0.113. The van der Waals surface area contributed by atoms with Crippen LogP contribution in [-0.4, -0.2) is 47.3 Å². The van der Waals surface area contributed by atoms with E-state index >= 15 is 0 Å². The first-order valence-corrected chi connectivity index (χ1v) is 11.0. The third kappa shape index (κ3) is 6.49. The van der Waals surface area contributed by atoms with E-state index < -0.39 is 5.54 Å². The highest BCUT2D eigenvalue weighted by atomic mass is 16.5. The Morgan fingerprint density at radius 2 is 1.97 bits per heavy atom. The first kappa shape index (κ1) is 23.6. The SMILES string of the molecule is COCCOc1ncccc1NC(=O)CCc1nc(C2(NC(C)=O)CCCCCC2)no1. The molecule has 2 aromatic rings. The van der Waals surface area contributed by atoms with E-state index in [1.54, 1.807) is 25.4 Å². The molecule has 0 aliphatic heterocycles. The molecule has 0 radical (unpaired) electrons. The fraction of sp³-hybridized carbons (Fsp3) is 0.591. The molecule has 174 valence electrons. The standard InChI is InChI=1S/C22H31N5O5/c1-16(28)26-22(11-5-3-4-6-12-22)21-25-19(32-27-21)10-9-18(29)24-17-8-7-13-23-20(17)31-15-14-30-2/h7-8,13H,3-6,9-12,14-15H2,1-2H3,(H,24,29)(H,26,28). The van der Waals surface area contributed by atoms with Gasteiger partial charge in [-0.3, -0.25) is 9.59 Å². The Labute approximate surface area is 187 Å². The molecule has 1 saturated carbocycles. The fourth-order valence-electron chi connectivity index (χ4n) is 3.88. The number of pyridine rings is 1. The summed E-state index contributed by atoms with van der Waals surface area (Å²) in [6, 6.07) is 3.44. The highest BCUT2D eigenvalue weighted by molar-refractivity contribution is 5.91. The second-order valence-electron chi connectivity index (χ2n) is 7.93. The molecule has 1 aliphatic carbocycles. The first-order valence-electron chi connectivity index (χ1n) is 11.0. The average molecular weight is 446 g/mol. The molecule has 0 aromatic carbocycles. The van der Waals surface area contributed by atoms with Gasteiger partial charge in [0.25, 0.3) is 0 Å². The van der Waals surface area contributed by atoms with Gasteiger partial charge in [-0.15, -0.1) is 0 Å². The molecule has 2 N–H and O–H groups in total. The van der Waals surface area contributed by atoms with E-state index in [4.69, 9.17) is 14.0 Å². The number of methoxy groups -OCH3 is 1. The maximum atomic E-state index is 12.5. The van der Waals surface area contributed by atoms with E-state index in [-0.39, 0.29) is 24.7 Å². The lowest BCUT2D eigenvalue weighted by Crippen LogP contribution is -2.45. The number of carbonyl (C=O) groups excluding carboxylic acids is 2. The summed E-state index contributed by atoms with van der Waals surface area (Å²) < 4.78 is 15.9. The molecular formula is C22H31N5O5. The predicted octanol–water partition coefficient (Wildman–Crippen LogP) is 2.75. The zero-order valence-electron chi connectivity index (χ0n) is 18.7. The van der Waals surface area contributed by atoms with Crippen LogP contribution in [0.15, 0.2) is 22.9 Å². The third-order valence-electron chi connectivity index (χ3n) is 5.41. The van der Waals surface area contributed by atoms with Gasteiger partial charge < -0.3 is 24.6 Å². The van der Waals surface area contributed by atoms with E-state index in [1.165, 1.54) is 6.92 Å².